The maximum absolute atomic E-state index is 14.0. The first-order valence-electron chi connectivity index (χ1n) is 12.0. The molecule has 9 heteroatoms. The maximum atomic E-state index is 14.0. The van der Waals surface area contributed by atoms with Crippen LogP contribution in [0.4, 0.5) is 4.39 Å². The summed E-state index contributed by atoms with van der Waals surface area (Å²) in [4.78, 5) is 18.4. The summed E-state index contributed by atoms with van der Waals surface area (Å²) < 4.78 is 23.5. The lowest BCUT2D eigenvalue weighted by atomic mass is 9.88. The standard InChI is InChI=1S/C28H23Br3FN3O2/c29-20-10-11-25-21(14-20)28(36)35(27(34-25)18-6-2-1-3-7-18)33-15-17-12-22(30)26(23(31)13-17)37-16-19-8-4-5-9-24(19)32/h4-5,8-15,18H,1-3,6-7,16H2. The van der Waals surface area contributed by atoms with Crippen LogP contribution in [0.15, 0.2) is 77.9 Å². The van der Waals surface area contributed by atoms with E-state index in [1.807, 2.05) is 24.3 Å². The fraction of sp³-hybridized carbons (Fsp3) is 0.250. The summed E-state index contributed by atoms with van der Waals surface area (Å²) in [5.74, 6) is 1.14. The molecular weight excluding hydrogens is 669 g/mol. The molecule has 0 unspecified atom stereocenters. The van der Waals surface area contributed by atoms with Gasteiger partial charge in [-0.3, -0.25) is 4.79 Å². The first-order chi connectivity index (χ1) is 17.9. The zero-order valence-corrected chi connectivity index (χ0v) is 24.5. The molecule has 0 aliphatic heterocycles. The topological polar surface area (TPSA) is 56.5 Å². The largest absolute Gasteiger partial charge is 0.486 e. The van der Waals surface area contributed by atoms with Crippen LogP contribution in [-0.4, -0.2) is 15.9 Å². The summed E-state index contributed by atoms with van der Waals surface area (Å²) in [5, 5.41) is 5.14. The molecule has 1 aliphatic carbocycles. The second kappa shape index (κ2) is 11.6. The van der Waals surface area contributed by atoms with E-state index in [4.69, 9.17) is 9.72 Å². The summed E-state index contributed by atoms with van der Waals surface area (Å²) in [6.07, 6.45) is 7.09. The third-order valence-electron chi connectivity index (χ3n) is 6.48. The molecule has 37 heavy (non-hydrogen) atoms. The number of benzene rings is 3. The van der Waals surface area contributed by atoms with Crippen LogP contribution in [0, 0.1) is 5.82 Å². The van der Waals surface area contributed by atoms with E-state index in [0.29, 0.717) is 37.0 Å². The molecule has 1 heterocycles. The zero-order valence-electron chi connectivity index (χ0n) is 19.8. The highest BCUT2D eigenvalue weighted by Gasteiger charge is 2.22. The van der Waals surface area contributed by atoms with Gasteiger partial charge in [-0.2, -0.15) is 9.78 Å². The van der Waals surface area contributed by atoms with Crippen molar-refractivity contribution in [1.29, 1.82) is 0 Å². The van der Waals surface area contributed by atoms with Crippen LogP contribution >= 0.6 is 47.8 Å². The number of fused-ring (bicyclic) bond motifs is 1. The van der Waals surface area contributed by atoms with E-state index < -0.39 is 0 Å². The molecule has 0 spiro atoms. The summed E-state index contributed by atoms with van der Waals surface area (Å²) in [7, 11) is 0. The molecule has 190 valence electrons. The first kappa shape index (κ1) is 26.3. The molecule has 1 fully saturated rings. The third-order valence-corrected chi connectivity index (χ3v) is 8.15. The van der Waals surface area contributed by atoms with Crippen molar-refractivity contribution in [2.75, 3.05) is 0 Å². The lowest BCUT2D eigenvalue weighted by Crippen LogP contribution is -2.25. The van der Waals surface area contributed by atoms with Crippen molar-refractivity contribution in [1.82, 2.24) is 9.66 Å². The van der Waals surface area contributed by atoms with Gasteiger partial charge in [-0.05, 0) is 86.7 Å². The number of hydrogen-bond acceptors (Lipinski definition) is 4. The van der Waals surface area contributed by atoms with Crippen LogP contribution in [0.5, 0.6) is 5.75 Å². The third kappa shape index (κ3) is 5.89. The minimum Gasteiger partial charge on any atom is -0.486 e. The van der Waals surface area contributed by atoms with Crippen molar-refractivity contribution < 1.29 is 9.13 Å². The van der Waals surface area contributed by atoms with E-state index >= 15 is 0 Å². The molecule has 1 saturated carbocycles. The number of hydrogen-bond donors (Lipinski definition) is 0. The van der Waals surface area contributed by atoms with E-state index in [1.165, 1.54) is 17.2 Å². The second-order valence-corrected chi connectivity index (χ2v) is 11.6. The fourth-order valence-electron chi connectivity index (χ4n) is 4.58. The molecule has 0 atom stereocenters. The molecule has 0 N–H and O–H groups in total. The quantitative estimate of drug-likeness (QED) is 0.191. The number of rotatable bonds is 6. The summed E-state index contributed by atoms with van der Waals surface area (Å²) in [6.45, 7) is 0.0930. The Morgan fingerprint density at radius 1 is 1.03 bits per heavy atom. The van der Waals surface area contributed by atoms with Crippen LogP contribution in [0.1, 0.15) is 55.0 Å². The number of ether oxygens (including phenoxy) is 1. The van der Waals surface area contributed by atoms with E-state index in [2.05, 4.69) is 52.9 Å². The highest BCUT2D eigenvalue weighted by Crippen LogP contribution is 2.35. The lowest BCUT2D eigenvalue weighted by Gasteiger charge is -2.22. The van der Waals surface area contributed by atoms with Crippen molar-refractivity contribution in [2.24, 2.45) is 5.10 Å². The van der Waals surface area contributed by atoms with Gasteiger partial charge in [0.25, 0.3) is 5.56 Å². The molecule has 1 aliphatic rings. The van der Waals surface area contributed by atoms with E-state index in [0.717, 1.165) is 35.7 Å². The van der Waals surface area contributed by atoms with Gasteiger partial charge in [-0.15, -0.1) is 0 Å². The van der Waals surface area contributed by atoms with Crippen LogP contribution in [0.2, 0.25) is 0 Å². The van der Waals surface area contributed by atoms with Crippen LogP contribution in [0.25, 0.3) is 10.9 Å². The summed E-state index contributed by atoms with van der Waals surface area (Å²) >= 11 is 10.6. The number of nitrogens with zero attached hydrogens (tertiary/aromatic N) is 3. The molecule has 3 aromatic carbocycles. The number of aromatic nitrogens is 2. The van der Waals surface area contributed by atoms with Gasteiger partial charge in [0.15, 0.2) is 0 Å². The van der Waals surface area contributed by atoms with Crippen LogP contribution in [-0.2, 0) is 6.61 Å². The van der Waals surface area contributed by atoms with Gasteiger partial charge in [0, 0.05) is 16.0 Å². The zero-order chi connectivity index (χ0) is 25.9. The van der Waals surface area contributed by atoms with Gasteiger partial charge in [-0.1, -0.05) is 53.4 Å². The monoisotopic (exact) mass is 689 g/mol. The summed E-state index contributed by atoms with van der Waals surface area (Å²) in [6, 6.07) is 15.8. The van der Waals surface area contributed by atoms with Crippen molar-refractivity contribution in [3.8, 4) is 5.75 Å². The molecule has 0 bridgehead atoms. The molecule has 5 rings (SSSR count). The highest BCUT2D eigenvalue weighted by molar-refractivity contribution is 9.11. The predicted molar refractivity (Wildman–Crippen MR) is 155 cm³/mol. The highest BCUT2D eigenvalue weighted by atomic mass is 79.9. The Morgan fingerprint density at radius 2 is 1.76 bits per heavy atom. The average Bonchev–Trinajstić information content (AvgIpc) is 2.89. The fourth-order valence-corrected chi connectivity index (χ4v) is 6.40. The van der Waals surface area contributed by atoms with Gasteiger partial charge in [0.2, 0.25) is 0 Å². The van der Waals surface area contributed by atoms with E-state index in [1.54, 1.807) is 30.5 Å². The first-order valence-corrected chi connectivity index (χ1v) is 14.4. The Labute approximate surface area is 239 Å². The molecule has 1 aromatic heterocycles. The Balaban J connectivity index is 1.48. The second-order valence-electron chi connectivity index (χ2n) is 9.02. The maximum Gasteiger partial charge on any atom is 0.282 e. The molecular formula is C28H23Br3FN3O2. The van der Waals surface area contributed by atoms with Crippen LogP contribution in [0.3, 0.4) is 0 Å². The lowest BCUT2D eigenvalue weighted by molar-refractivity contribution is 0.296. The minimum absolute atomic E-state index is 0.0930. The molecule has 4 aromatic rings. The number of halogens is 4. The molecule has 0 amide bonds. The predicted octanol–water partition coefficient (Wildman–Crippen LogP) is 8.33. The Bertz CT molecular complexity index is 1520. The Morgan fingerprint density at radius 3 is 2.49 bits per heavy atom. The Hall–Kier alpha value is -2.36. The van der Waals surface area contributed by atoms with Gasteiger partial charge in [0.1, 0.15) is 24.0 Å². The van der Waals surface area contributed by atoms with Crippen molar-refractivity contribution >= 4 is 64.9 Å². The smallest absolute Gasteiger partial charge is 0.282 e. The van der Waals surface area contributed by atoms with Gasteiger partial charge in [0.05, 0.1) is 26.1 Å². The summed E-state index contributed by atoms with van der Waals surface area (Å²) in [5.41, 5.74) is 1.72. The van der Waals surface area contributed by atoms with Crippen molar-refractivity contribution in [3.05, 3.63) is 101 Å². The van der Waals surface area contributed by atoms with E-state index in [-0.39, 0.29) is 23.9 Å². The van der Waals surface area contributed by atoms with Crippen molar-refractivity contribution in [3.63, 3.8) is 0 Å². The SMILES string of the molecule is O=c1c2cc(Br)ccc2nc(C2CCCCC2)n1N=Cc1cc(Br)c(OCc2ccccc2F)c(Br)c1. The average molecular weight is 692 g/mol. The van der Waals surface area contributed by atoms with Gasteiger partial charge >= 0.3 is 0 Å². The van der Waals surface area contributed by atoms with E-state index in [9.17, 15) is 9.18 Å². The molecule has 0 saturated heterocycles. The normalized spacial score (nSPS) is 14.5. The Kier molecular flexibility index (Phi) is 8.21. The van der Waals surface area contributed by atoms with Crippen molar-refractivity contribution in [2.45, 2.75) is 44.6 Å². The van der Waals surface area contributed by atoms with Gasteiger partial charge < -0.3 is 4.74 Å². The minimum atomic E-state index is -0.311. The molecule has 0 radical (unpaired) electrons. The van der Waals surface area contributed by atoms with Crippen LogP contribution < -0.4 is 10.3 Å². The van der Waals surface area contributed by atoms with Gasteiger partial charge in [-0.25, -0.2) is 9.37 Å². The molecule has 5 nitrogen and oxygen atoms in total.